The van der Waals surface area contributed by atoms with Gasteiger partial charge in [-0.2, -0.15) is 0 Å². The van der Waals surface area contributed by atoms with Crippen molar-refractivity contribution in [1.29, 1.82) is 0 Å². The van der Waals surface area contributed by atoms with E-state index in [0.29, 0.717) is 13.1 Å². The van der Waals surface area contributed by atoms with Crippen molar-refractivity contribution in [1.82, 2.24) is 14.4 Å². The second-order valence-electron chi connectivity index (χ2n) is 8.86. The highest BCUT2D eigenvalue weighted by atomic mass is 16.3. The number of furan rings is 1. The van der Waals surface area contributed by atoms with Crippen LogP contribution in [0.4, 0.5) is 0 Å². The fourth-order valence-electron chi connectivity index (χ4n) is 4.19. The molecule has 6 heteroatoms. The van der Waals surface area contributed by atoms with Gasteiger partial charge in [0.15, 0.2) is 0 Å². The van der Waals surface area contributed by atoms with Crippen molar-refractivity contribution >= 4 is 11.8 Å². The smallest absolute Gasteiger partial charge is 0.242 e. The first kappa shape index (κ1) is 21.9. The first-order valence-electron chi connectivity index (χ1n) is 11.2. The molecule has 1 saturated carbocycles. The van der Waals surface area contributed by atoms with E-state index in [1.165, 1.54) is 5.56 Å². The number of benzene rings is 1. The lowest BCUT2D eigenvalue weighted by Gasteiger charge is -2.30. The number of amides is 2. The molecule has 0 radical (unpaired) electrons. The van der Waals surface area contributed by atoms with E-state index in [1.54, 1.807) is 16.1 Å². The predicted molar refractivity (Wildman–Crippen MR) is 123 cm³/mol. The van der Waals surface area contributed by atoms with Crippen molar-refractivity contribution in [3.8, 4) is 0 Å². The Morgan fingerprint density at radius 1 is 1.06 bits per heavy atom. The first-order valence-corrected chi connectivity index (χ1v) is 11.2. The highest BCUT2D eigenvalue weighted by Gasteiger charge is 2.46. The third-order valence-electron chi connectivity index (χ3n) is 6.23. The topological polar surface area (TPSA) is 58.7 Å². The SMILES string of the molecule is CC(C)N(CC(=O)N(Cc1ccco1)Cc1cccn1C)C(=O)C1CC1c1ccccc1. The molecule has 2 aromatic heterocycles. The normalized spacial score (nSPS) is 17.4. The number of hydrogen-bond donors (Lipinski definition) is 0. The molecule has 2 unspecified atom stereocenters. The van der Waals surface area contributed by atoms with E-state index in [-0.39, 0.29) is 36.2 Å². The van der Waals surface area contributed by atoms with Crippen LogP contribution in [-0.4, -0.2) is 38.8 Å². The largest absolute Gasteiger partial charge is 0.467 e. The molecule has 1 aliphatic carbocycles. The molecule has 4 rings (SSSR count). The molecule has 3 aromatic rings. The van der Waals surface area contributed by atoms with Crippen molar-refractivity contribution in [3.05, 3.63) is 84.1 Å². The average Bonchev–Trinajstić information content (AvgIpc) is 3.23. The Morgan fingerprint density at radius 2 is 1.84 bits per heavy atom. The van der Waals surface area contributed by atoms with Crippen LogP contribution in [0.25, 0.3) is 0 Å². The van der Waals surface area contributed by atoms with Crippen LogP contribution in [0.2, 0.25) is 0 Å². The number of nitrogens with zero attached hydrogens (tertiary/aromatic N) is 3. The van der Waals surface area contributed by atoms with Gasteiger partial charge in [0.2, 0.25) is 11.8 Å². The van der Waals surface area contributed by atoms with Crippen molar-refractivity contribution in [2.45, 2.75) is 45.3 Å². The minimum Gasteiger partial charge on any atom is -0.467 e. The van der Waals surface area contributed by atoms with Crippen LogP contribution in [0.5, 0.6) is 0 Å². The fourth-order valence-corrected chi connectivity index (χ4v) is 4.19. The van der Waals surface area contributed by atoms with E-state index in [4.69, 9.17) is 4.42 Å². The molecule has 168 valence electrons. The summed E-state index contributed by atoms with van der Waals surface area (Å²) in [5.41, 5.74) is 2.22. The summed E-state index contributed by atoms with van der Waals surface area (Å²) in [4.78, 5) is 30.2. The summed E-state index contributed by atoms with van der Waals surface area (Å²) in [5.74, 6) is 0.920. The maximum Gasteiger partial charge on any atom is 0.242 e. The second-order valence-corrected chi connectivity index (χ2v) is 8.86. The van der Waals surface area contributed by atoms with Gasteiger partial charge in [-0.1, -0.05) is 30.3 Å². The minimum absolute atomic E-state index is 0.0426. The summed E-state index contributed by atoms with van der Waals surface area (Å²) in [7, 11) is 1.96. The lowest BCUT2D eigenvalue weighted by atomic mass is 10.1. The fraction of sp³-hybridized carbons (Fsp3) is 0.385. The van der Waals surface area contributed by atoms with E-state index in [9.17, 15) is 9.59 Å². The molecule has 6 nitrogen and oxygen atoms in total. The summed E-state index contributed by atoms with van der Waals surface area (Å²) in [6.45, 7) is 4.84. The molecular weight excluding hydrogens is 402 g/mol. The molecule has 0 bridgehead atoms. The van der Waals surface area contributed by atoms with Gasteiger partial charge in [0.25, 0.3) is 0 Å². The molecule has 2 heterocycles. The number of aryl methyl sites for hydroxylation is 1. The summed E-state index contributed by atoms with van der Waals surface area (Å²) < 4.78 is 7.50. The highest BCUT2D eigenvalue weighted by molar-refractivity contribution is 5.88. The molecule has 0 aliphatic heterocycles. The zero-order valence-corrected chi connectivity index (χ0v) is 19.0. The number of carbonyl (C=O) groups is 2. The second kappa shape index (κ2) is 9.47. The molecule has 1 aliphatic rings. The number of aromatic nitrogens is 1. The molecule has 1 fully saturated rings. The van der Waals surface area contributed by atoms with Crippen LogP contribution in [0.15, 0.2) is 71.5 Å². The standard InChI is InChI=1S/C26H31N3O3/c1-19(2)29(26(31)24-15-23(24)20-9-5-4-6-10-20)18-25(30)28(17-22-12-8-14-32-22)16-21-11-7-13-27(21)3/h4-14,19,23-24H,15-18H2,1-3H3. The molecule has 0 N–H and O–H groups in total. The van der Waals surface area contributed by atoms with Crippen LogP contribution in [-0.2, 0) is 29.7 Å². The van der Waals surface area contributed by atoms with Gasteiger partial charge < -0.3 is 18.8 Å². The summed E-state index contributed by atoms with van der Waals surface area (Å²) >= 11 is 0. The maximum atomic E-state index is 13.4. The number of hydrogen-bond acceptors (Lipinski definition) is 3. The Morgan fingerprint density at radius 3 is 2.47 bits per heavy atom. The first-order chi connectivity index (χ1) is 15.4. The summed E-state index contributed by atoms with van der Waals surface area (Å²) in [6.07, 6.45) is 4.42. The molecule has 2 atom stereocenters. The summed E-state index contributed by atoms with van der Waals surface area (Å²) in [6, 6.07) is 17.8. The van der Waals surface area contributed by atoms with E-state index in [1.807, 2.05) is 74.1 Å². The molecule has 1 aromatic carbocycles. The van der Waals surface area contributed by atoms with Gasteiger partial charge in [0, 0.05) is 30.9 Å². The Bertz CT molecular complexity index is 1040. The van der Waals surface area contributed by atoms with E-state index in [2.05, 4.69) is 12.1 Å². The van der Waals surface area contributed by atoms with Gasteiger partial charge in [-0.05, 0) is 56.0 Å². The zero-order valence-electron chi connectivity index (χ0n) is 19.0. The van der Waals surface area contributed by atoms with Gasteiger partial charge in [-0.15, -0.1) is 0 Å². The molecule has 0 saturated heterocycles. The highest BCUT2D eigenvalue weighted by Crippen LogP contribution is 2.48. The monoisotopic (exact) mass is 433 g/mol. The third-order valence-corrected chi connectivity index (χ3v) is 6.23. The van der Waals surface area contributed by atoms with Crippen molar-refractivity contribution in [2.75, 3.05) is 6.54 Å². The Balaban J connectivity index is 1.47. The number of rotatable bonds is 9. The molecular formula is C26H31N3O3. The van der Waals surface area contributed by atoms with Gasteiger partial charge >= 0.3 is 0 Å². The zero-order chi connectivity index (χ0) is 22.7. The van der Waals surface area contributed by atoms with Gasteiger partial charge in [0.1, 0.15) is 12.3 Å². The van der Waals surface area contributed by atoms with Crippen LogP contribution in [0.1, 0.15) is 43.2 Å². The van der Waals surface area contributed by atoms with Crippen molar-refractivity contribution in [3.63, 3.8) is 0 Å². The molecule has 2 amide bonds. The maximum absolute atomic E-state index is 13.4. The molecule has 0 spiro atoms. The van der Waals surface area contributed by atoms with Gasteiger partial charge in [0.05, 0.1) is 19.4 Å². The Kier molecular flexibility index (Phi) is 6.49. The number of carbonyl (C=O) groups excluding carboxylic acids is 2. The summed E-state index contributed by atoms with van der Waals surface area (Å²) in [5, 5.41) is 0. The quantitative estimate of drug-likeness (QED) is 0.508. The predicted octanol–water partition coefficient (Wildman–Crippen LogP) is 4.19. The Hall–Kier alpha value is -3.28. The molecule has 32 heavy (non-hydrogen) atoms. The van der Waals surface area contributed by atoms with Crippen LogP contribution in [0.3, 0.4) is 0 Å². The van der Waals surface area contributed by atoms with Crippen LogP contribution < -0.4 is 0 Å². The third kappa shape index (κ3) is 4.96. The Labute approximate surface area is 189 Å². The van der Waals surface area contributed by atoms with Crippen LogP contribution in [0, 0.1) is 5.92 Å². The van der Waals surface area contributed by atoms with Gasteiger partial charge in [-0.3, -0.25) is 9.59 Å². The van der Waals surface area contributed by atoms with Gasteiger partial charge in [-0.25, -0.2) is 0 Å². The average molecular weight is 434 g/mol. The van der Waals surface area contributed by atoms with Crippen molar-refractivity contribution < 1.29 is 14.0 Å². The van der Waals surface area contributed by atoms with E-state index in [0.717, 1.165) is 17.9 Å². The lowest BCUT2D eigenvalue weighted by molar-refractivity contribution is -0.143. The van der Waals surface area contributed by atoms with Crippen molar-refractivity contribution in [2.24, 2.45) is 13.0 Å². The lowest BCUT2D eigenvalue weighted by Crippen LogP contribution is -2.46. The van der Waals surface area contributed by atoms with E-state index < -0.39 is 0 Å². The van der Waals surface area contributed by atoms with E-state index >= 15 is 0 Å². The minimum atomic E-state index is -0.0819. The van der Waals surface area contributed by atoms with Crippen LogP contribution >= 0.6 is 0 Å².